The summed E-state index contributed by atoms with van der Waals surface area (Å²) >= 11 is 0. The smallest absolute Gasteiger partial charge is 0.257 e. The fraction of sp³-hybridized carbons (Fsp3) is 0.333. The van der Waals surface area contributed by atoms with Gasteiger partial charge in [0.05, 0.1) is 12.1 Å². The van der Waals surface area contributed by atoms with Crippen molar-refractivity contribution in [1.82, 2.24) is 14.5 Å². The van der Waals surface area contributed by atoms with Crippen LogP contribution in [0.2, 0.25) is 0 Å². The Morgan fingerprint density at radius 2 is 1.79 bits per heavy atom. The fourth-order valence-electron chi connectivity index (χ4n) is 3.70. The van der Waals surface area contributed by atoms with Crippen LogP contribution in [0.1, 0.15) is 52.3 Å². The summed E-state index contributed by atoms with van der Waals surface area (Å²) in [6, 6.07) is 10.4. The Bertz CT molecular complexity index is 999. The molecular weight excluding hydrogens is 365 g/mol. The molecule has 0 aliphatic carbocycles. The SMILES string of the molecule is Cc1cc(C)c(Cn2ccnc2CN(C(=O)c2ccccc2F)C(C)C)c(C)c1. The summed E-state index contributed by atoms with van der Waals surface area (Å²) in [7, 11) is 0. The van der Waals surface area contributed by atoms with Crippen LogP contribution in [0.15, 0.2) is 48.8 Å². The Kier molecular flexibility index (Phi) is 6.16. The van der Waals surface area contributed by atoms with Crippen LogP contribution < -0.4 is 0 Å². The van der Waals surface area contributed by atoms with Crippen molar-refractivity contribution >= 4 is 5.91 Å². The van der Waals surface area contributed by atoms with Crippen molar-refractivity contribution in [2.45, 2.75) is 53.8 Å². The summed E-state index contributed by atoms with van der Waals surface area (Å²) in [5.41, 5.74) is 5.07. The maximum Gasteiger partial charge on any atom is 0.257 e. The number of nitrogens with zero attached hydrogens (tertiary/aromatic N) is 3. The van der Waals surface area contributed by atoms with E-state index in [4.69, 9.17) is 0 Å². The van der Waals surface area contributed by atoms with Gasteiger partial charge >= 0.3 is 0 Å². The molecule has 1 amide bonds. The highest BCUT2D eigenvalue weighted by molar-refractivity contribution is 5.94. The Balaban J connectivity index is 1.88. The first kappa shape index (κ1) is 20.8. The average molecular weight is 394 g/mol. The minimum atomic E-state index is -0.502. The number of carbonyl (C=O) groups excluding carboxylic acids is 1. The number of hydrogen-bond donors (Lipinski definition) is 0. The van der Waals surface area contributed by atoms with Crippen LogP contribution >= 0.6 is 0 Å². The Morgan fingerprint density at radius 1 is 1.14 bits per heavy atom. The second-order valence-electron chi connectivity index (χ2n) is 7.86. The molecule has 0 aliphatic heterocycles. The second kappa shape index (κ2) is 8.60. The lowest BCUT2D eigenvalue weighted by Crippen LogP contribution is -2.37. The van der Waals surface area contributed by atoms with E-state index >= 15 is 0 Å². The van der Waals surface area contributed by atoms with E-state index in [0.717, 1.165) is 5.82 Å². The van der Waals surface area contributed by atoms with Gasteiger partial charge in [-0.3, -0.25) is 4.79 Å². The summed E-state index contributed by atoms with van der Waals surface area (Å²) in [6.45, 7) is 11.2. The van der Waals surface area contributed by atoms with Gasteiger partial charge in [-0.2, -0.15) is 0 Å². The highest BCUT2D eigenvalue weighted by Gasteiger charge is 2.23. The molecule has 0 saturated heterocycles. The number of imidazole rings is 1. The quantitative estimate of drug-likeness (QED) is 0.588. The van der Waals surface area contributed by atoms with Gasteiger partial charge in [-0.05, 0) is 63.4 Å². The van der Waals surface area contributed by atoms with E-state index in [0.29, 0.717) is 13.1 Å². The van der Waals surface area contributed by atoms with E-state index in [9.17, 15) is 9.18 Å². The zero-order chi connectivity index (χ0) is 21.1. The summed E-state index contributed by atoms with van der Waals surface area (Å²) in [4.78, 5) is 19.1. The zero-order valence-corrected chi connectivity index (χ0v) is 17.7. The molecule has 3 rings (SSSR count). The van der Waals surface area contributed by atoms with Gasteiger partial charge in [-0.1, -0.05) is 29.8 Å². The van der Waals surface area contributed by atoms with Crippen molar-refractivity contribution in [1.29, 1.82) is 0 Å². The Morgan fingerprint density at radius 3 is 2.41 bits per heavy atom. The number of hydrogen-bond acceptors (Lipinski definition) is 2. The minimum Gasteiger partial charge on any atom is -0.329 e. The van der Waals surface area contributed by atoms with E-state index in [1.807, 2.05) is 20.0 Å². The number of aromatic nitrogens is 2. The van der Waals surface area contributed by atoms with Crippen molar-refractivity contribution < 1.29 is 9.18 Å². The van der Waals surface area contributed by atoms with Gasteiger partial charge in [-0.25, -0.2) is 9.37 Å². The van der Waals surface area contributed by atoms with E-state index in [2.05, 4.69) is 42.5 Å². The van der Waals surface area contributed by atoms with E-state index in [1.165, 1.54) is 34.4 Å². The molecule has 0 radical (unpaired) electrons. The monoisotopic (exact) mass is 393 g/mol. The predicted molar refractivity (Wildman–Crippen MR) is 113 cm³/mol. The van der Waals surface area contributed by atoms with Gasteiger partial charge in [-0.15, -0.1) is 0 Å². The first-order valence-electron chi connectivity index (χ1n) is 9.90. The van der Waals surface area contributed by atoms with Crippen LogP contribution in [-0.4, -0.2) is 26.4 Å². The molecule has 0 unspecified atom stereocenters. The van der Waals surface area contributed by atoms with Crippen LogP contribution in [0.4, 0.5) is 4.39 Å². The molecule has 29 heavy (non-hydrogen) atoms. The van der Waals surface area contributed by atoms with E-state index in [1.54, 1.807) is 23.2 Å². The molecule has 3 aromatic rings. The van der Waals surface area contributed by atoms with E-state index in [-0.39, 0.29) is 17.5 Å². The number of rotatable bonds is 6. The summed E-state index contributed by atoms with van der Waals surface area (Å²) in [5, 5.41) is 0. The maximum atomic E-state index is 14.2. The number of carbonyl (C=O) groups is 1. The normalized spacial score (nSPS) is 11.1. The second-order valence-corrected chi connectivity index (χ2v) is 7.86. The van der Waals surface area contributed by atoms with Crippen molar-refractivity contribution in [2.24, 2.45) is 0 Å². The molecule has 0 fully saturated rings. The average Bonchev–Trinajstić information content (AvgIpc) is 3.09. The number of amides is 1. The van der Waals surface area contributed by atoms with Gasteiger partial charge in [0.15, 0.2) is 0 Å². The maximum absolute atomic E-state index is 14.2. The molecule has 0 N–H and O–H groups in total. The molecular formula is C24H28FN3O. The molecule has 0 aliphatic rings. The Labute approximate surface area is 172 Å². The highest BCUT2D eigenvalue weighted by atomic mass is 19.1. The van der Waals surface area contributed by atoms with Crippen LogP contribution in [0.5, 0.6) is 0 Å². The largest absolute Gasteiger partial charge is 0.329 e. The van der Waals surface area contributed by atoms with E-state index < -0.39 is 5.82 Å². The standard InChI is InChI=1S/C24H28FN3O/c1-16(2)28(24(29)20-8-6-7-9-22(20)25)15-23-26-10-11-27(23)14-21-18(4)12-17(3)13-19(21)5/h6-13,16H,14-15H2,1-5H3. The van der Waals surface area contributed by atoms with Crippen molar-refractivity contribution in [3.8, 4) is 0 Å². The summed E-state index contributed by atoms with van der Waals surface area (Å²) < 4.78 is 16.2. The third-order valence-corrected chi connectivity index (χ3v) is 5.27. The molecule has 5 heteroatoms. The lowest BCUT2D eigenvalue weighted by atomic mass is 10.00. The highest BCUT2D eigenvalue weighted by Crippen LogP contribution is 2.20. The van der Waals surface area contributed by atoms with Crippen LogP contribution in [0, 0.1) is 26.6 Å². The molecule has 2 aromatic carbocycles. The van der Waals surface area contributed by atoms with Crippen LogP contribution in [-0.2, 0) is 13.1 Å². The molecule has 0 atom stereocenters. The minimum absolute atomic E-state index is 0.0875. The van der Waals surface area contributed by atoms with Gasteiger partial charge < -0.3 is 9.47 Å². The fourth-order valence-corrected chi connectivity index (χ4v) is 3.70. The molecule has 0 spiro atoms. The first-order chi connectivity index (χ1) is 13.8. The van der Waals surface area contributed by atoms with Gasteiger partial charge in [0.1, 0.15) is 11.6 Å². The zero-order valence-electron chi connectivity index (χ0n) is 17.7. The third-order valence-electron chi connectivity index (χ3n) is 5.27. The van der Waals surface area contributed by atoms with Crippen molar-refractivity contribution in [3.05, 3.63) is 88.3 Å². The molecule has 0 bridgehead atoms. The molecule has 4 nitrogen and oxygen atoms in total. The summed E-state index contributed by atoms with van der Waals surface area (Å²) in [5.74, 6) is -0.0458. The van der Waals surface area contributed by atoms with Gasteiger partial charge in [0, 0.05) is 25.0 Å². The lowest BCUT2D eigenvalue weighted by molar-refractivity contribution is 0.0678. The molecule has 152 valence electrons. The molecule has 0 saturated carbocycles. The molecule has 1 heterocycles. The van der Waals surface area contributed by atoms with Crippen molar-refractivity contribution in [2.75, 3.05) is 0 Å². The van der Waals surface area contributed by atoms with Crippen LogP contribution in [0.25, 0.3) is 0 Å². The predicted octanol–water partition coefficient (Wildman–Crippen LogP) is 5.05. The van der Waals surface area contributed by atoms with Crippen molar-refractivity contribution in [3.63, 3.8) is 0 Å². The molecule has 1 aromatic heterocycles. The van der Waals surface area contributed by atoms with Crippen LogP contribution in [0.3, 0.4) is 0 Å². The summed E-state index contributed by atoms with van der Waals surface area (Å²) in [6.07, 6.45) is 3.68. The Hall–Kier alpha value is -2.95. The number of benzene rings is 2. The van der Waals surface area contributed by atoms with Gasteiger partial charge in [0.2, 0.25) is 0 Å². The lowest BCUT2D eigenvalue weighted by Gasteiger charge is -2.27. The number of aryl methyl sites for hydroxylation is 3. The third kappa shape index (κ3) is 4.56. The number of halogens is 1. The van der Waals surface area contributed by atoms with Gasteiger partial charge in [0.25, 0.3) is 5.91 Å². The topological polar surface area (TPSA) is 38.1 Å². The first-order valence-corrected chi connectivity index (χ1v) is 9.90.